The van der Waals surface area contributed by atoms with E-state index >= 15 is 0 Å². The summed E-state index contributed by atoms with van der Waals surface area (Å²) >= 11 is 0. The fraction of sp³-hybridized carbons (Fsp3) is 0.353. The average molecular weight is 568 g/mol. The van der Waals surface area contributed by atoms with Gasteiger partial charge in [0.05, 0.1) is 18.2 Å². The van der Waals surface area contributed by atoms with Crippen molar-refractivity contribution < 1.29 is 23.9 Å². The predicted octanol–water partition coefficient (Wildman–Crippen LogP) is 4.77. The van der Waals surface area contributed by atoms with Crippen LogP contribution in [0.2, 0.25) is 0 Å². The van der Waals surface area contributed by atoms with E-state index in [9.17, 15) is 19.2 Å². The van der Waals surface area contributed by atoms with E-state index in [1.165, 1.54) is 4.90 Å². The van der Waals surface area contributed by atoms with Gasteiger partial charge in [-0.05, 0) is 54.7 Å². The molecule has 0 radical (unpaired) electrons. The van der Waals surface area contributed by atoms with E-state index in [-0.39, 0.29) is 49.2 Å². The number of imide groups is 1. The van der Waals surface area contributed by atoms with Gasteiger partial charge in [0.1, 0.15) is 11.8 Å². The lowest BCUT2D eigenvalue weighted by atomic mass is 10.0. The molecule has 8 nitrogen and oxygen atoms in total. The van der Waals surface area contributed by atoms with Gasteiger partial charge in [0, 0.05) is 32.0 Å². The normalized spacial score (nSPS) is 15.4. The summed E-state index contributed by atoms with van der Waals surface area (Å²) in [5.74, 6) is -0.386. The Labute approximate surface area is 246 Å². The number of rotatable bonds is 12. The third kappa shape index (κ3) is 6.70. The molecule has 0 unspecified atom stereocenters. The molecule has 1 N–H and O–H groups in total. The van der Waals surface area contributed by atoms with Gasteiger partial charge < -0.3 is 15.0 Å². The van der Waals surface area contributed by atoms with Crippen molar-refractivity contribution in [1.82, 2.24) is 15.1 Å². The molecule has 42 heavy (non-hydrogen) atoms. The Morgan fingerprint density at radius 1 is 0.905 bits per heavy atom. The second-order valence-corrected chi connectivity index (χ2v) is 11.0. The number of carbonyl (C=O) groups is 4. The van der Waals surface area contributed by atoms with Crippen LogP contribution in [0.1, 0.15) is 70.4 Å². The first-order valence-electron chi connectivity index (χ1n) is 14.7. The molecule has 1 heterocycles. The minimum absolute atomic E-state index is 0.0827. The fourth-order valence-electron chi connectivity index (χ4n) is 5.86. The number of nitrogens with one attached hydrogen (secondary N) is 1. The van der Waals surface area contributed by atoms with Crippen LogP contribution in [0.25, 0.3) is 0 Å². The number of carbonyl (C=O) groups excluding carboxylic acids is 4. The molecule has 2 aliphatic rings. The molecule has 4 amide bonds. The molecule has 1 atom stereocenters. The number of nitrogens with zero attached hydrogens (tertiary/aromatic N) is 2. The van der Waals surface area contributed by atoms with Crippen molar-refractivity contribution >= 4 is 23.6 Å². The average Bonchev–Trinajstić information content (AvgIpc) is 3.61. The van der Waals surface area contributed by atoms with Gasteiger partial charge in [0.2, 0.25) is 11.8 Å². The zero-order valence-electron chi connectivity index (χ0n) is 24.0. The lowest BCUT2D eigenvalue weighted by molar-refractivity contribution is -0.141. The fourth-order valence-corrected chi connectivity index (χ4v) is 5.86. The zero-order chi connectivity index (χ0) is 29.5. The molecule has 8 heteroatoms. The van der Waals surface area contributed by atoms with Gasteiger partial charge in [-0.3, -0.25) is 24.1 Å². The molecule has 0 bridgehead atoms. The summed E-state index contributed by atoms with van der Waals surface area (Å²) < 4.78 is 5.41. The number of hydrogen-bond donors (Lipinski definition) is 1. The molecule has 0 saturated heterocycles. The van der Waals surface area contributed by atoms with Crippen LogP contribution in [0.15, 0.2) is 78.9 Å². The van der Waals surface area contributed by atoms with E-state index in [0.717, 1.165) is 36.8 Å². The van der Waals surface area contributed by atoms with Gasteiger partial charge in [-0.2, -0.15) is 0 Å². The molecule has 3 aromatic rings. The minimum atomic E-state index is -0.731. The number of methoxy groups -OCH3 is 1. The van der Waals surface area contributed by atoms with E-state index < -0.39 is 6.04 Å². The number of hydrogen-bond acceptors (Lipinski definition) is 5. The maximum absolute atomic E-state index is 14.0. The SMILES string of the molecule is COc1cccc(CN(C(=O)CCCN2C(=O)c3ccccc3C2=O)[C@H](Cc2ccccc2)C(=O)NC2CCCC2)c1. The number of fused-ring (bicyclic) bond motifs is 1. The van der Waals surface area contributed by atoms with Crippen LogP contribution in [0.4, 0.5) is 0 Å². The molecule has 1 aliphatic heterocycles. The molecule has 0 aromatic heterocycles. The van der Waals surface area contributed by atoms with E-state index in [1.807, 2.05) is 54.6 Å². The first-order chi connectivity index (χ1) is 20.4. The Morgan fingerprint density at radius 3 is 2.21 bits per heavy atom. The van der Waals surface area contributed by atoms with Crippen molar-refractivity contribution in [2.75, 3.05) is 13.7 Å². The summed E-state index contributed by atoms with van der Waals surface area (Å²) in [6.07, 6.45) is 4.78. The first-order valence-corrected chi connectivity index (χ1v) is 14.7. The van der Waals surface area contributed by atoms with Crippen molar-refractivity contribution in [2.45, 2.75) is 63.6 Å². The molecule has 1 saturated carbocycles. The third-order valence-electron chi connectivity index (χ3n) is 8.11. The summed E-state index contributed by atoms with van der Waals surface area (Å²) in [7, 11) is 1.59. The highest BCUT2D eigenvalue weighted by Crippen LogP contribution is 2.24. The van der Waals surface area contributed by atoms with Crippen LogP contribution in [-0.4, -0.2) is 59.2 Å². The summed E-state index contributed by atoms with van der Waals surface area (Å²) in [6.45, 7) is 0.349. The second-order valence-electron chi connectivity index (χ2n) is 11.0. The number of ether oxygens (including phenoxy) is 1. The number of benzene rings is 3. The van der Waals surface area contributed by atoms with Crippen molar-refractivity contribution in [2.24, 2.45) is 0 Å². The van der Waals surface area contributed by atoms with Gasteiger partial charge >= 0.3 is 0 Å². The van der Waals surface area contributed by atoms with E-state index in [0.29, 0.717) is 29.7 Å². The van der Waals surface area contributed by atoms with Crippen LogP contribution >= 0.6 is 0 Å². The van der Waals surface area contributed by atoms with Gasteiger partial charge in [-0.25, -0.2) is 0 Å². The van der Waals surface area contributed by atoms with E-state index in [4.69, 9.17) is 4.74 Å². The van der Waals surface area contributed by atoms with E-state index in [2.05, 4.69) is 5.32 Å². The Bertz CT molecular complexity index is 1400. The van der Waals surface area contributed by atoms with Crippen molar-refractivity contribution in [3.05, 3.63) is 101 Å². The maximum atomic E-state index is 14.0. The molecule has 0 spiro atoms. The first kappa shape index (κ1) is 29.0. The molecular formula is C34H37N3O5. The highest BCUT2D eigenvalue weighted by atomic mass is 16.5. The lowest BCUT2D eigenvalue weighted by Gasteiger charge is -2.32. The highest BCUT2D eigenvalue weighted by Gasteiger charge is 2.36. The smallest absolute Gasteiger partial charge is 0.261 e. The molecule has 1 fully saturated rings. The summed E-state index contributed by atoms with van der Waals surface area (Å²) in [5, 5.41) is 3.21. The van der Waals surface area contributed by atoms with Gasteiger partial charge in [-0.15, -0.1) is 0 Å². The second kappa shape index (κ2) is 13.5. The van der Waals surface area contributed by atoms with Crippen LogP contribution in [-0.2, 0) is 22.6 Å². The van der Waals surface area contributed by atoms with Gasteiger partial charge in [-0.1, -0.05) is 67.4 Å². The van der Waals surface area contributed by atoms with E-state index in [1.54, 1.807) is 36.3 Å². The lowest BCUT2D eigenvalue weighted by Crippen LogP contribution is -2.52. The van der Waals surface area contributed by atoms with Crippen molar-refractivity contribution in [1.29, 1.82) is 0 Å². The predicted molar refractivity (Wildman–Crippen MR) is 159 cm³/mol. The number of amides is 4. The largest absolute Gasteiger partial charge is 0.497 e. The van der Waals surface area contributed by atoms with Gasteiger partial charge in [0.15, 0.2) is 0 Å². The summed E-state index contributed by atoms with van der Waals surface area (Å²) in [5.41, 5.74) is 2.58. The van der Waals surface area contributed by atoms with Crippen LogP contribution in [0, 0.1) is 0 Å². The zero-order valence-corrected chi connectivity index (χ0v) is 24.0. The minimum Gasteiger partial charge on any atom is -0.497 e. The van der Waals surface area contributed by atoms with Crippen LogP contribution in [0.5, 0.6) is 5.75 Å². The maximum Gasteiger partial charge on any atom is 0.261 e. The molecule has 1 aliphatic carbocycles. The van der Waals surface area contributed by atoms with Crippen LogP contribution in [0.3, 0.4) is 0 Å². The standard InChI is InChI=1S/C34H37N3O5/c1-42-27-16-9-13-25(21-27)23-37(30(22-24-11-3-2-4-12-24)32(39)35-26-14-5-6-15-26)31(38)19-10-20-36-33(40)28-17-7-8-18-29(28)34(36)41/h2-4,7-9,11-13,16-18,21,26,30H,5-6,10,14-15,19-20,22-23H2,1H3,(H,35,39)/t30-/m1/s1. The monoisotopic (exact) mass is 567 g/mol. The molecular weight excluding hydrogens is 530 g/mol. The highest BCUT2D eigenvalue weighted by molar-refractivity contribution is 6.21. The Balaban J connectivity index is 1.36. The van der Waals surface area contributed by atoms with Gasteiger partial charge in [0.25, 0.3) is 11.8 Å². The topological polar surface area (TPSA) is 96.0 Å². The van der Waals surface area contributed by atoms with Crippen LogP contribution < -0.4 is 10.1 Å². The molecule has 3 aromatic carbocycles. The summed E-state index contributed by atoms with van der Waals surface area (Å²) in [6, 6.07) is 23.3. The Kier molecular flexibility index (Phi) is 9.31. The Hall–Kier alpha value is -4.46. The quantitative estimate of drug-likeness (QED) is 0.318. The Morgan fingerprint density at radius 2 is 1.55 bits per heavy atom. The molecule has 5 rings (SSSR count). The van der Waals surface area contributed by atoms with Crippen molar-refractivity contribution in [3.8, 4) is 5.75 Å². The molecule has 218 valence electrons. The summed E-state index contributed by atoms with van der Waals surface area (Å²) in [4.78, 5) is 56.3. The third-order valence-corrected chi connectivity index (χ3v) is 8.11. The van der Waals surface area contributed by atoms with Crippen molar-refractivity contribution in [3.63, 3.8) is 0 Å².